The number of aromatic nitrogens is 1. The first-order chi connectivity index (χ1) is 20.5. The highest BCUT2D eigenvalue weighted by atomic mass is 16.2. The van der Waals surface area contributed by atoms with Gasteiger partial charge in [-0.2, -0.15) is 0 Å². The smallest absolute Gasteiger partial charge is 0.255 e. The summed E-state index contributed by atoms with van der Waals surface area (Å²) >= 11 is 0. The Hall–Kier alpha value is -4.53. The first-order valence-corrected chi connectivity index (χ1v) is 14.4. The number of likely N-dealkylation sites (N-methyl/N-ethyl adjacent to an activating group) is 1. The van der Waals surface area contributed by atoms with Gasteiger partial charge in [-0.1, -0.05) is 42.5 Å². The zero-order valence-corrected chi connectivity index (χ0v) is 24.1. The van der Waals surface area contributed by atoms with Crippen molar-refractivity contribution >= 4 is 23.2 Å². The number of anilines is 2. The summed E-state index contributed by atoms with van der Waals surface area (Å²) in [4.78, 5) is 37.1. The van der Waals surface area contributed by atoms with Crippen molar-refractivity contribution in [3.8, 4) is 11.1 Å². The predicted molar refractivity (Wildman–Crippen MR) is 169 cm³/mol. The summed E-state index contributed by atoms with van der Waals surface area (Å²) in [5.74, 6) is -0.203. The molecule has 1 saturated heterocycles. The minimum Gasteiger partial charge on any atom is -0.367 e. The number of carbonyl (C=O) groups is 2. The summed E-state index contributed by atoms with van der Waals surface area (Å²) < 4.78 is 0. The number of pyridine rings is 1. The standard InChI is InChI=1S/C34H38N6O2/c1-38-18-20-39(21-19-38)32-14-13-29(23-31(32)37-33(41)27-9-3-2-4-10-27)28-11-5-8-26(22-28)25-40(17-7-15-35)34(42)30-12-6-16-36-24-30/h2-6,8-14,16,22-24H,7,15,17-21,25,35H2,1H3,(H,37,41). The van der Waals surface area contributed by atoms with Gasteiger partial charge in [-0.25, -0.2) is 0 Å². The Balaban J connectivity index is 1.43. The number of nitrogens with zero attached hydrogens (tertiary/aromatic N) is 4. The maximum atomic E-state index is 13.3. The Morgan fingerprint density at radius 2 is 1.64 bits per heavy atom. The van der Waals surface area contributed by atoms with Crippen molar-refractivity contribution in [2.24, 2.45) is 5.73 Å². The van der Waals surface area contributed by atoms with Crippen molar-refractivity contribution in [1.82, 2.24) is 14.8 Å². The fourth-order valence-electron chi connectivity index (χ4n) is 5.20. The van der Waals surface area contributed by atoms with Crippen LogP contribution in [0.4, 0.5) is 11.4 Å². The van der Waals surface area contributed by atoms with E-state index in [-0.39, 0.29) is 11.8 Å². The van der Waals surface area contributed by atoms with E-state index in [1.54, 1.807) is 24.5 Å². The Morgan fingerprint density at radius 1 is 0.881 bits per heavy atom. The molecule has 0 unspecified atom stereocenters. The molecule has 0 aliphatic carbocycles. The minimum absolute atomic E-state index is 0.0654. The molecule has 1 aliphatic heterocycles. The fraction of sp³-hybridized carbons (Fsp3) is 0.265. The van der Waals surface area contributed by atoms with Crippen LogP contribution in [0.25, 0.3) is 11.1 Å². The van der Waals surface area contributed by atoms with E-state index in [2.05, 4.69) is 57.5 Å². The number of hydrogen-bond acceptors (Lipinski definition) is 6. The average Bonchev–Trinajstić information content (AvgIpc) is 3.04. The zero-order valence-electron chi connectivity index (χ0n) is 24.1. The molecule has 1 aromatic heterocycles. The Labute approximate surface area is 247 Å². The first kappa shape index (κ1) is 29.0. The van der Waals surface area contributed by atoms with E-state index in [9.17, 15) is 9.59 Å². The molecule has 5 rings (SSSR count). The molecule has 216 valence electrons. The SMILES string of the molecule is CN1CCN(c2ccc(-c3cccc(CN(CCCN)C(=O)c4cccnc4)c3)cc2NC(=O)c2ccccc2)CC1. The van der Waals surface area contributed by atoms with Crippen LogP contribution in [-0.4, -0.2) is 72.9 Å². The van der Waals surface area contributed by atoms with Gasteiger partial charge >= 0.3 is 0 Å². The lowest BCUT2D eigenvalue weighted by Crippen LogP contribution is -2.44. The van der Waals surface area contributed by atoms with Gasteiger partial charge in [0.05, 0.1) is 16.9 Å². The maximum Gasteiger partial charge on any atom is 0.255 e. The van der Waals surface area contributed by atoms with Gasteiger partial charge in [-0.3, -0.25) is 14.6 Å². The number of carbonyl (C=O) groups excluding carboxylic acids is 2. The number of amides is 2. The maximum absolute atomic E-state index is 13.3. The van der Waals surface area contributed by atoms with Crippen molar-refractivity contribution in [1.29, 1.82) is 0 Å². The molecule has 0 bridgehead atoms. The molecule has 2 amide bonds. The zero-order chi connectivity index (χ0) is 29.3. The van der Waals surface area contributed by atoms with E-state index in [0.29, 0.717) is 37.2 Å². The van der Waals surface area contributed by atoms with Gasteiger partial charge in [0.25, 0.3) is 11.8 Å². The predicted octanol–water partition coefficient (Wildman–Crippen LogP) is 4.74. The summed E-state index contributed by atoms with van der Waals surface area (Å²) in [6, 6.07) is 27.3. The van der Waals surface area contributed by atoms with Crippen molar-refractivity contribution in [2.75, 3.05) is 56.5 Å². The normalized spacial score (nSPS) is 13.5. The molecule has 0 spiro atoms. The van der Waals surface area contributed by atoms with Crippen molar-refractivity contribution in [2.45, 2.75) is 13.0 Å². The highest BCUT2D eigenvalue weighted by molar-refractivity contribution is 6.06. The van der Waals surface area contributed by atoms with Crippen LogP contribution in [0, 0.1) is 0 Å². The minimum atomic E-state index is -0.138. The molecule has 3 aromatic carbocycles. The van der Waals surface area contributed by atoms with Crippen LogP contribution in [0.1, 0.15) is 32.7 Å². The molecular formula is C34H38N6O2. The topological polar surface area (TPSA) is 94.8 Å². The second-order valence-corrected chi connectivity index (χ2v) is 10.7. The number of piperazine rings is 1. The van der Waals surface area contributed by atoms with Crippen LogP contribution in [-0.2, 0) is 6.54 Å². The number of hydrogen-bond donors (Lipinski definition) is 2. The van der Waals surface area contributed by atoms with Gasteiger partial charge in [0.15, 0.2) is 0 Å². The van der Waals surface area contributed by atoms with E-state index in [1.807, 2.05) is 47.4 Å². The average molecular weight is 563 g/mol. The Morgan fingerprint density at radius 3 is 2.38 bits per heavy atom. The van der Waals surface area contributed by atoms with Crippen molar-refractivity contribution < 1.29 is 9.59 Å². The van der Waals surface area contributed by atoms with E-state index in [1.165, 1.54) is 0 Å². The van der Waals surface area contributed by atoms with Crippen LogP contribution < -0.4 is 16.0 Å². The van der Waals surface area contributed by atoms with Crippen LogP contribution in [0.2, 0.25) is 0 Å². The third-order valence-electron chi connectivity index (χ3n) is 7.59. The lowest BCUT2D eigenvalue weighted by molar-refractivity contribution is 0.0741. The second-order valence-electron chi connectivity index (χ2n) is 10.7. The number of rotatable bonds is 10. The van der Waals surface area contributed by atoms with E-state index in [0.717, 1.165) is 54.2 Å². The van der Waals surface area contributed by atoms with Crippen LogP contribution in [0.15, 0.2) is 97.3 Å². The van der Waals surface area contributed by atoms with Gasteiger partial charge < -0.3 is 25.8 Å². The highest BCUT2D eigenvalue weighted by Gasteiger charge is 2.20. The summed E-state index contributed by atoms with van der Waals surface area (Å²) in [7, 11) is 2.13. The van der Waals surface area contributed by atoms with Crippen molar-refractivity contribution in [3.63, 3.8) is 0 Å². The first-order valence-electron chi connectivity index (χ1n) is 14.4. The van der Waals surface area contributed by atoms with Gasteiger partial charge in [0.2, 0.25) is 0 Å². The number of nitrogens with one attached hydrogen (secondary N) is 1. The molecule has 1 fully saturated rings. The number of benzene rings is 3. The van der Waals surface area contributed by atoms with Crippen LogP contribution in [0.5, 0.6) is 0 Å². The molecule has 0 atom stereocenters. The lowest BCUT2D eigenvalue weighted by Gasteiger charge is -2.35. The fourth-order valence-corrected chi connectivity index (χ4v) is 5.20. The Kier molecular flexibility index (Phi) is 9.59. The third kappa shape index (κ3) is 7.21. The summed E-state index contributed by atoms with van der Waals surface area (Å²) in [6.07, 6.45) is 3.97. The summed E-state index contributed by atoms with van der Waals surface area (Å²) in [5, 5.41) is 3.18. The lowest BCUT2D eigenvalue weighted by atomic mass is 10.0. The van der Waals surface area contributed by atoms with Gasteiger partial charge in [0, 0.05) is 57.2 Å². The molecule has 42 heavy (non-hydrogen) atoms. The molecule has 1 aliphatic rings. The van der Waals surface area contributed by atoms with E-state index >= 15 is 0 Å². The molecule has 4 aromatic rings. The third-order valence-corrected chi connectivity index (χ3v) is 7.59. The second kappa shape index (κ2) is 13.9. The highest BCUT2D eigenvalue weighted by Crippen LogP contribution is 2.33. The molecule has 3 N–H and O–H groups in total. The molecule has 0 radical (unpaired) electrons. The number of nitrogens with two attached hydrogens (primary N) is 1. The molecule has 8 heteroatoms. The van der Waals surface area contributed by atoms with E-state index < -0.39 is 0 Å². The van der Waals surface area contributed by atoms with Crippen LogP contribution in [0.3, 0.4) is 0 Å². The quantitative estimate of drug-likeness (QED) is 0.290. The van der Waals surface area contributed by atoms with Crippen molar-refractivity contribution in [3.05, 3.63) is 114 Å². The molecule has 0 saturated carbocycles. The van der Waals surface area contributed by atoms with E-state index in [4.69, 9.17) is 5.73 Å². The molecule has 8 nitrogen and oxygen atoms in total. The summed E-state index contributed by atoms with van der Waals surface area (Å²) in [6.45, 7) is 5.24. The van der Waals surface area contributed by atoms with Gasteiger partial charge in [0.1, 0.15) is 0 Å². The largest absolute Gasteiger partial charge is 0.367 e. The van der Waals surface area contributed by atoms with Gasteiger partial charge in [-0.15, -0.1) is 0 Å². The molecule has 2 heterocycles. The summed E-state index contributed by atoms with van der Waals surface area (Å²) in [5.41, 5.74) is 11.8. The molecular weight excluding hydrogens is 524 g/mol. The van der Waals surface area contributed by atoms with Gasteiger partial charge in [-0.05, 0) is 79.2 Å². The van der Waals surface area contributed by atoms with Crippen LogP contribution >= 0.6 is 0 Å². The Bertz CT molecular complexity index is 1490. The monoisotopic (exact) mass is 562 g/mol.